The Morgan fingerprint density at radius 2 is 1.93 bits per heavy atom. The van der Waals surface area contributed by atoms with E-state index in [2.05, 4.69) is 17.5 Å². The summed E-state index contributed by atoms with van der Waals surface area (Å²) in [6.07, 6.45) is 1.28. The highest BCUT2D eigenvalue weighted by Crippen LogP contribution is 2.23. The van der Waals surface area contributed by atoms with Gasteiger partial charge in [-0.3, -0.25) is 4.90 Å². The lowest BCUT2D eigenvalue weighted by molar-refractivity contribution is 0.0868. The van der Waals surface area contributed by atoms with Crippen LogP contribution in [0.25, 0.3) is 0 Å². The molecule has 1 aliphatic heterocycles. The van der Waals surface area contributed by atoms with E-state index in [-0.39, 0.29) is 5.54 Å². The maximum atomic E-state index is 11.6. The summed E-state index contributed by atoms with van der Waals surface area (Å²) in [6.45, 7) is 7.03. The first kappa shape index (κ1) is 13.3. The van der Waals surface area contributed by atoms with Crippen molar-refractivity contribution in [3.05, 3.63) is 0 Å². The van der Waals surface area contributed by atoms with Crippen molar-refractivity contribution in [1.82, 2.24) is 9.21 Å². The summed E-state index contributed by atoms with van der Waals surface area (Å²) in [5.74, 6) is 0.814. The van der Waals surface area contributed by atoms with Gasteiger partial charge in [0.1, 0.15) is 0 Å². The molecule has 0 atom stereocenters. The van der Waals surface area contributed by atoms with E-state index in [1.54, 1.807) is 4.31 Å². The number of hydrogen-bond donors (Lipinski definition) is 1. The Balaban J connectivity index is 2.75. The SMILES string of the molecule is CC1(C)CN(CCS)CCN1S(C)(=O)=O. The van der Waals surface area contributed by atoms with Gasteiger partial charge in [0.25, 0.3) is 0 Å². The maximum absolute atomic E-state index is 11.6. The number of thiol groups is 1. The van der Waals surface area contributed by atoms with Crippen molar-refractivity contribution >= 4 is 22.7 Å². The predicted molar refractivity (Wildman–Crippen MR) is 65.9 cm³/mol. The average Bonchev–Trinajstić information content (AvgIpc) is 1.99. The number of piperazine rings is 1. The molecule has 1 heterocycles. The molecule has 0 saturated carbocycles. The second-order valence-electron chi connectivity index (χ2n) is 4.65. The summed E-state index contributed by atoms with van der Waals surface area (Å²) >= 11 is 4.19. The van der Waals surface area contributed by atoms with Crippen LogP contribution >= 0.6 is 12.6 Å². The molecule has 0 spiro atoms. The highest BCUT2D eigenvalue weighted by atomic mass is 32.2. The summed E-state index contributed by atoms with van der Waals surface area (Å²) in [5.41, 5.74) is -0.311. The van der Waals surface area contributed by atoms with E-state index in [1.807, 2.05) is 13.8 Å². The number of rotatable bonds is 3. The molecule has 90 valence electrons. The molecule has 1 fully saturated rings. The Bertz CT molecular complexity index is 314. The fourth-order valence-corrected chi connectivity index (χ4v) is 3.84. The van der Waals surface area contributed by atoms with Gasteiger partial charge in [-0.25, -0.2) is 8.42 Å². The molecular formula is C9H20N2O2S2. The molecule has 4 nitrogen and oxygen atoms in total. The Morgan fingerprint density at radius 3 is 2.33 bits per heavy atom. The molecule has 0 aromatic rings. The van der Waals surface area contributed by atoms with Crippen molar-refractivity contribution in [2.24, 2.45) is 0 Å². The third-order valence-electron chi connectivity index (χ3n) is 2.72. The molecule has 0 aromatic heterocycles. The summed E-state index contributed by atoms with van der Waals surface area (Å²) in [6, 6.07) is 0. The largest absolute Gasteiger partial charge is 0.299 e. The molecule has 0 unspecified atom stereocenters. The van der Waals surface area contributed by atoms with E-state index in [9.17, 15) is 8.42 Å². The first-order valence-electron chi connectivity index (χ1n) is 5.08. The van der Waals surface area contributed by atoms with Crippen LogP contribution in [0.15, 0.2) is 0 Å². The molecule has 1 rings (SSSR count). The van der Waals surface area contributed by atoms with Crippen LogP contribution < -0.4 is 0 Å². The number of sulfonamides is 1. The van der Waals surface area contributed by atoms with Crippen LogP contribution in [0.2, 0.25) is 0 Å². The highest BCUT2D eigenvalue weighted by molar-refractivity contribution is 7.88. The minimum atomic E-state index is -3.08. The number of hydrogen-bond acceptors (Lipinski definition) is 4. The molecule has 0 aliphatic carbocycles. The van der Waals surface area contributed by atoms with Crippen molar-refractivity contribution in [3.63, 3.8) is 0 Å². The van der Waals surface area contributed by atoms with Gasteiger partial charge in [-0.05, 0) is 13.8 Å². The van der Waals surface area contributed by atoms with E-state index in [0.29, 0.717) is 6.54 Å². The van der Waals surface area contributed by atoms with Crippen LogP contribution in [0.4, 0.5) is 0 Å². The molecule has 0 N–H and O–H groups in total. The molecule has 15 heavy (non-hydrogen) atoms. The zero-order valence-corrected chi connectivity index (χ0v) is 11.3. The smallest absolute Gasteiger partial charge is 0.211 e. The van der Waals surface area contributed by atoms with Gasteiger partial charge in [-0.15, -0.1) is 0 Å². The summed E-state index contributed by atoms with van der Waals surface area (Å²) < 4.78 is 24.7. The Hall–Kier alpha value is 0.220. The Kier molecular flexibility index (Phi) is 4.08. The molecule has 1 saturated heterocycles. The summed E-state index contributed by atoms with van der Waals surface area (Å²) in [4.78, 5) is 2.26. The Labute approximate surface area is 98.1 Å². The van der Waals surface area contributed by atoms with E-state index >= 15 is 0 Å². The lowest BCUT2D eigenvalue weighted by atomic mass is 10.0. The zero-order valence-electron chi connectivity index (χ0n) is 9.60. The van der Waals surface area contributed by atoms with Gasteiger partial charge >= 0.3 is 0 Å². The highest BCUT2D eigenvalue weighted by Gasteiger charge is 2.38. The van der Waals surface area contributed by atoms with Crippen LogP contribution in [0, 0.1) is 0 Å². The number of nitrogens with zero attached hydrogens (tertiary/aromatic N) is 2. The first-order chi connectivity index (χ1) is 6.77. The standard InChI is InChI=1S/C9H20N2O2S2/c1-9(2)8-10(6-7-14)4-5-11(9)15(3,12)13/h14H,4-8H2,1-3H3. The topological polar surface area (TPSA) is 40.6 Å². The molecule has 0 bridgehead atoms. The van der Waals surface area contributed by atoms with Gasteiger partial charge in [0.2, 0.25) is 10.0 Å². The molecule has 1 aliphatic rings. The van der Waals surface area contributed by atoms with Gasteiger partial charge in [0.05, 0.1) is 6.26 Å². The van der Waals surface area contributed by atoms with Crippen LogP contribution in [0.5, 0.6) is 0 Å². The molecule has 0 amide bonds. The second kappa shape index (κ2) is 4.61. The zero-order chi connectivity index (χ0) is 11.7. The summed E-state index contributed by atoms with van der Waals surface area (Å²) in [5, 5.41) is 0. The van der Waals surface area contributed by atoms with Gasteiger partial charge in [-0.1, -0.05) is 0 Å². The lowest BCUT2D eigenvalue weighted by Crippen LogP contribution is -2.60. The maximum Gasteiger partial charge on any atom is 0.211 e. The van der Waals surface area contributed by atoms with Crippen molar-refractivity contribution in [2.75, 3.05) is 38.2 Å². The monoisotopic (exact) mass is 252 g/mol. The van der Waals surface area contributed by atoms with Gasteiger partial charge < -0.3 is 0 Å². The van der Waals surface area contributed by atoms with Crippen LogP contribution in [-0.2, 0) is 10.0 Å². The lowest BCUT2D eigenvalue weighted by Gasteiger charge is -2.45. The fourth-order valence-electron chi connectivity index (χ4n) is 2.19. The van der Waals surface area contributed by atoms with Crippen molar-refractivity contribution in [1.29, 1.82) is 0 Å². The quantitative estimate of drug-likeness (QED) is 0.733. The van der Waals surface area contributed by atoms with Crippen LogP contribution in [-0.4, -0.2) is 61.3 Å². The van der Waals surface area contributed by atoms with Gasteiger partial charge in [-0.2, -0.15) is 16.9 Å². The van der Waals surface area contributed by atoms with Crippen molar-refractivity contribution < 1.29 is 8.42 Å². The predicted octanol–water partition coefficient (Wildman–Crippen LogP) is 0.272. The van der Waals surface area contributed by atoms with E-state index in [1.165, 1.54) is 6.26 Å². The second-order valence-corrected chi connectivity index (χ2v) is 7.00. The Morgan fingerprint density at radius 1 is 1.33 bits per heavy atom. The van der Waals surface area contributed by atoms with E-state index < -0.39 is 10.0 Å². The molecule has 0 radical (unpaired) electrons. The van der Waals surface area contributed by atoms with Gasteiger partial charge in [0.15, 0.2) is 0 Å². The van der Waals surface area contributed by atoms with Crippen LogP contribution in [0.1, 0.15) is 13.8 Å². The fraction of sp³-hybridized carbons (Fsp3) is 1.00. The van der Waals surface area contributed by atoms with Gasteiger partial charge in [0, 0.05) is 37.5 Å². The molecule has 6 heteroatoms. The normalized spacial score (nSPS) is 24.3. The van der Waals surface area contributed by atoms with Crippen molar-refractivity contribution in [2.45, 2.75) is 19.4 Å². The summed E-state index contributed by atoms with van der Waals surface area (Å²) in [7, 11) is -3.08. The van der Waals surface area contributed by atoms with E-state index in [0.717, 1.165) is 25.4 Å². The first-order valence-corrected chi connectivity index (χ1v) is 7.56. The third-order valence-corrected chi connectivity index (χ3v) is 4.40. The van der Waals surface area contributed by atoms with Crippen molar-refractivity contribution in [3.8, 4) is 0 Å². The molecule has 0 aromatic carbocycles. The van der Waals surface area contributed by atoms with E-state index in [4.69, 9.17) is 0 Å². The molecular weight excluding hydrogens is 232 g/mol. The third kappa shape index (κ3) is 3.34. The minimum Gasteiger partial charge on any atom is -0.299 e. The average molecular weight is 252 g/mol. The van der Waals surface area contributed by atoms with Crippen LogP contribution in [0.3, 0.4) is 0 Å². The minimum absolute atomic E-state index is 0.311.